The van der Waals surface area contributed by atoms with Gasteiger partial charge in [-0.05, 0) is 6.07 Å². The maximum Gasteiger partial charge on any atom is 0.232 e. The zero-order chi connectivity index (χ0) is 10.1. The van der Waals surface area contributed by atoms with Crippen LogP contribution in [0.2, 0.25) is 0 Å². The summed E-state index contributed by atoms with van der Waals surface area (Å²) in [6.45, 7) is 5.75. The molecule has 0 aliphatic heterocycles. The number of rotatable bonds is 1. The molecule has 0 fully saturated rings. The Labute approximate surface area is 78.8 Å². The average Bonchev–Trinajstić information content (AvgIpc) is 2.51. The van der Waals surface area contributed by atoms with Gasteiger partial charge in [0, 0.05) is 24.9 Å². The maximum atomic E-state index is 11.8. The molecule has 0 aliphatic carbocycles. The highest BCUT2D eigenvalue weighted by molar-refractivity contribution is 5.96. The number of hydrogen-bond acceptors (Lipinski definition) is 1. The number of carbonyl (C=O) groups excluding carboxylic acids is 1. The van der Waals surface area contributed by atoms with Gasteiger partial charge in [0.15, 0.2) is 0 Å². The number of H-pyrrole nitrogens is 1. The van der Waals surface area contributed by atoms with Gasteiger partial charge in [-0.1, -0.05) is 20.8 Å². The fourth-order valence-corrected chi connectivity index (χ4v) is 1.14. The van der Waals surface area contributed by atoms with Crippen LogP contribution in [-0.4, -0.2) is 17.9 Å². The summed E-state index contributed by atoms with van der Waals surface area (Å²) in [6.07, 6.45) is 3.62. The summed E-state index contributed by atoms with van der Waals surface area (Å²) in [5, 5.41) is 0. The Morgan fingerprint density at radius 1 is 1.46 bits per heavy atom. The highest BCUT2D eigenvalue weighted by Crippen LogP contribution is 2.20. The lowest BCUT2D eigenvalue weighted by Gasteiger charge is -2.24. The lowest BCUT2D eigenvalue weighted by atomic mass is 9.95. The summed E-state index contributed by atoms with van der Waals surface area (Å²) in [5.74, 6) is 0.118. The first-order valence-corrected chi connectivity index (χ1v) is 4.34. The van der Waals surface area contributed by atoms with Gasteiger partial charge < -0.3 is 9.88 Å². The van der Waals surface area contributed by atoms with Crippen LogP contribution < -0.4 is 4.90 Å². The summed E-state index contributed by atoms with van der Waals surface area (Å²) in [6, 6.07) is 1.88. The first-order valence-electron chi connectivity index (χ1n) is 4.34. The predicted molar refractivity (Wildman–Crippen MR) is 53.7 cm³/mol. The topological polar surface area (TPSA) is 36.1 Å². The third kappa shape index (κ3) is 2.11. The average molecular weight is 180 g/mol. The molecule has 0 bridgehead atoms. The Kier molecular flexibility index (Phi) is 2.45. The molecule has 0 saturated heterocycles. The summed E-state index contributed by atoms with van der Waals surface area (Å²) in [5.41, 5.74) is 0.575. The standard InChI is InChI=1S/C10H16N2O/c1-10(2,3)9(13)12(4)8-5-6-11-7-8/h5-7,11H,1-4H3. The number of carbonyl (C=O) groups is 1. The Morgan fingerprint density at radius 2 is 2.08 bits per heavy atom. The second kappa shape index (κ2) is 3.24. The van der Waals surface area contributed by atoms with Crippen LogP contribution >= 0.6 is 0 Å². The number of aromatic nitrogens is 1. The molecular formula is C10H16N2O. The van der Waals surface area contributed by atoms with Crippen LogP contribution in [0.15, 0.2) is 18.5 Å². The maximum absolute atomic E-state index is 11.8. The van der Waals surface area contributed by atoms with Crippen LogP contribution in [0.4, 0.5) is 5.69 Å². The molecule has 13 heavy (non-hydrogen) atoms. The molecule has 3 nitrogen and oxygen atoms in total. The van der Waals surface area contributed by atoms with Crippen molar-refractivity contribution in [2.75, 3.05) is 11.9 Å². The van der Waals surface area contributed by atoms with Crippen LogP contribution in [0.3, 0.4) is 0 Å². The lowest BCUT2D eigenvalue weighted by molar-refractivity contribution is -0.125. The van der Waals surface area contributed by atoms with Gasteiger partial charge in [-0.25, -0.2) is 0 Å². The Morgan fingerprint density at radius 3 is 2.46 bits per heavy atom. The van der Waals surface area contributed by atoms with E-state index in [0.717, 1.165) is 5.69 Å². The Balaban J connectivity index is 2.81. The number of nitrogens with one attached hydrogen (secondary N) is 1. The highest BCUT2D eigenvalue weighted by Gasteiger charge is 2.25. The van der Waals surface area contributed by atoms with Crippen molar-refractivity contribution in [1.29, 1.82) is 0 Å². The lowest BCUT2D eigenvalue weighted by Crippen LogP contribution is -2.36. The minimum Gasteiger partial charge on any atom is -0.366 e. The van der Waals surface area contributed by atoms with E-state index in [4.69, 9.17) is 0 Å². The van der Waals surface area contributed by atoms with E-state index in [1.54, 1.807) is 11.9 Å². The second-order valence-electron chi connectivity index (χ2n) is 4.18. The summed E-state index contributed by atoms with van der Waals surface area (Å²) >= 11 is 0. The van der Waals surface area contributed by atoms with Gasteiger partial charge in [0.1, 0.15) is 0 Å². The van der Waals surface area contributed by atoms with Gasteiger partial charge >= 0.3 is 0 Å². The van der Waals surface area contributed by atoms with E-state index < -0.39 is 0 Å². The third-order valence-electron chi connectivity index (χ3n) is 1.92. The number of hydrogen-bond donors (Lipinski definition) is 1. The number of anilines is 1. The molecule has 0 radical (unpaired) electrons. The van der Waals surface area contributed by atoms with Crippen LogP contribution in [0.25, 0.3) is 0 Å². The van der Waals surface area contributed by atoms with Crippen molar-refractivity contribution in [2.24, 2.45) is 5.41 Å². The normalized spacial score (nSPS) is 11.4. The fourth-order valence-electron chi connectivity index (χ4n) is 1.14. The number of aromatic amines is 1. The largest absolute Gasteiger partial charge is 0.366 e. The minimum atomic E-state index is -0.327. The van der Waals surface area contributed by atoms with Crippen LogP contribution in [0.5, 0.6) is 0 Å². The van der Waals surface area contributed by atoms with Crippen molar-refractivity contribution in [1.82, 2.24) is 4.98 Å². The van der Waals surface area contributed by atoms with E-state index in [9.17, 15) is 4.79 Å². The molecule has 0 saturated carbocycles. The molecular weight excluding hydrogens is 164 g/mol. The highest BCUT2D eigenvalue weighted by atomic mass is 16.2. The van der Waals surface area contributed by atoms with E-state index in [1.807, 2.05) is 39.2 Å². The molecule has 0 spiro atoms. The summed E-state index contributed by atoms with van der Waals surface area (Å²) in [4.78, 5) is 16.4. The molecule has 72 valence electrons. The quantitative estimate of drug-likeness (QED) is 0.705. The third-order valence-corrected chi connectivity index (χ3v) is 1.92. The van der Waals surface area contributed by atoms with E-state index in [0.29, 0.717) is 0 Å². The predicted octanol–water partition coefficient (Wildman–Crippen LogP) is 2.02. The van der Waals surface area contributed by atoms with Crippen molar-refractivity contribution in [3.05, 3.63) is 18.5 Å². The van der Waals surface area contributed by atoms with Gasteiger partial charge in [-0.15, -0.1) is 0 Å². The molecule has 1 aromatic rings. The number of nitrogens with zero attached hydrogens (tertiary/aromatic N) is 1. The smallest absolute Gasteiger partial charge is 0.232 e. The van der Waals surface area contributed by atoms with Crippen LogP contribution in [0, 0.1) is 5.41 Å². The number of amides is 1. The molecule has 1 heterocycles. The van der Waals surface area contributed by atoms with E-state index in [-0.39, 0.29) is 11.3 Å². The molecule has 0 aromatic carbocycles. The minimum absolute atomic E-state index is 0.118. The SMILES string of the molecule is CN(C(=O)C(C)(C)C)c1cc[nH]c1. The zero-order valence-corrected chi connectivity index (χ0v) is 8.59. The monoisotopic (exact) mass is 180 g/mol. The molecule has 1 rings (SSSR count). The summed E-state index contributed by atoms with van der Waals surface area (Å²) in [7, 11) is 1.79. The Hall–Kier alpha value is -1.25. The van der Waals surface area contributed by atoms with E-state index in [1.165, 1.54) is 0 Å². The van der Waals surface area contributed by atoms with Crippen molar-refractivity contribution >= 4 is 11.6 Å². The molecule has 1 amide bonds. The van der Waals surface area contributed by atoms with Crippen LogP contribution in [-0.2, 0) is 4.79 Å². The molecule has 1 aromatic heterocycles. The molecule has 3 heteroatoms. The van der Waals surface area contributed by atoms with Crippen molar-refractivity contribution in [3.8, 4) is 0 Å². The summed E-state index contributed by atoms with van der Waals surface area (Å²) < 4.78 is 0. The van der Waals surface area contributed by atoms with Crippen LogP contribution in [0.1, 0.15) is 20.8 Å². The van der Waals surface area contributed by atoms with Gasteiger partial charge in [0.2, 0.25) is 5.91 Å². The first-order chi connectivity index (χ1) is 5.93. The van der Waals surface area contributed by atoms with Crippen molar-refractivity contribution in [3.63, 3.8) is 0 Å². The zero-order valence-electron chi connectivity index (χ0n) is 8.59. The molecule has 1 N–H and O–H groups in total. The van der Waals surface area contributed by atoms with E-state index in [2.05, 4.69) is 4.98 Å². The van der Waals surface area contributed by atoms with E-state index >= 15 is 0 Å². The van der Waals surface area contributed by atoms with Crippen molar-refractivity contribution in [2.45, 2.75) is 20.8 Å². The van der Waals surface area contributed by atoms with Gasteiger partial charge in [-0.3, -0.25) is 4.79 Å². The van der Waals surface area contributed by atoms with Crippen molar-refractivity contribution < 1.29 is 4.79 Å². The Bertz CT molecular complexity index is 282. The fraction of sp³-hybridized carbons (Fsp3) is 0.500. The molecule has 0 aliphatic rings. The van der Waals surface area contributed by atoms with Gasteiger partial charge in [0.25, 0.3) is 0 Å². The van der Waals surface area contributed by atoms with Gasteiger partial charge in [-0.2, -0.15) is 0 Å². The second-order valence-corrected chi connectivity index (χ2v) is 4.18. The van der Waals surface area contributed by atoms with Gasteiger partial charge in [0.05, 0.1) is 5.69 Å². The molecule has 0 unspecified atom stereocenters. The molecule has 0 atom stereocenters. The first kappa shape index (κ1) is 9.84.